The van der Waals surface area contributed by atoms with Crippen LogP contribution < -0.4 is 20.9 Å². The topological polar surface area (TPSA) is 142 Å². The normalized spacial score (nSPS) is 22.1. The number of anilines is 3. The lowest BCUT2D eigenvalue weighted by Gasteiger charge is -2.45. The predicted octanol–water partition coefficient (Wildman–Crippen LogP) is 1.18. The molecule has 2 unspecified atom stereocenters. The highest BCUT2D eigenvalue weighted by molar-refractivity contribution is 6.03. The summed E-state index contributed by atoms with van der Waals surface area (Å²) < 4.78 is 14.8. The number of halogens is 1. The minimum Gasteiger partial charge on any atom is -0.383 e. The van der Waals surface area contributed by atoms with Crippen LogP contribution in [-0.4, -0.2) is 68.3 Å². The Morgan fingerprint density at radius 1 is 1.23 bits per heavy atom. The molecule has 3 aromatic heterocycles. The summed E-state index contributed by atoms with van der Waals surface area (Å²) in [6, 6.07) is 1.73. The van der Waals surface area contributed by atoms with Gasteiger partial charge in [-0.3, -0.25) is 9.59 Å². The highest BCUT2D eigenvalue weighted by Crippen LogP contribution is 2.36. The van der Waals surface area contributed by atoms with Crippen molar-refractivity contribution in [2.75, 3.05) is 34.8 Å². The van der Waals surface area contributed by atoms with Gasteiger partial charge >= 0.3 is 0 Å². The van der Waals surface area contributed by atoms with Gasteiger partial charge in [-0.15, -0.1) is 0 Å². The molecule has 12 heteroatoms. The number of aliphatic hydroxyl groups excluding tert-OH is 1. The molecule has 4 N–H and O–H groups in total. The third-order valence-electron chi connectivity index (χ3n) is 6.81. The summed E-state index contributed by atoms with van der Waals surface area (Å²) in [7, 11) is 0. The van der Waals surface area contributed by atoms with Crippen LogP contribution in [0.25, 0.3) is 5.52 Å². The van der Waals surface area contributed by atoms with Crippen molar-refractivity contribution in [3.8, 4) is 0 Å². The van der Waals surface area contributed by atoms with Crippen LogP contribution in [0.2, 0.25) is 0 Å². The summed E-state index contributed by atoms with van der Waals surface area (Å²) >= 11 is 0. The van der Waals surface area contributed by atoms with Gasteiger partial charge in [0.2, 0.25) is 5.95 Å². The first-order valence-corrected chi connectivity index (χ1v) is 11.4. The fourth-order valence-corrected chi connectivity index (χ4v) is 4.89. The lowest BCUT2D eigenvalue weighted by Crippen LogP contribution is -2.52. The van der Waals surface area contributed by atoms with Crippen LogP contribution in [0.4, 0.5) is 21.7 Å². The van der Waals surface area contributed by atoms with Crippen molar-refractivity contribution in [1.82, 2.24) is 19.6 Å². The fraction of sp³-hybridized carbons (Fsp3) is 0.435. The van der Waals surface area contributed by atoms with Gasteiger partial charge in [0.25, 0.3) is 11.8 Å². The lowest BCUT2D eigenvalue weighted by molar-refractivity contribution is -0.123. The minimum atomic E-state index is -1.01. The maximum Gasteiger partial charge on any atom is 0.255 e. The van der Waals surface area contributed by atoms with Crippen molar-refractivity contribution in [3.05, 3.63) is 42.2 Å². The van der Waals surface area contributed by atoms with E-state index in [0.29, 0.717) is 55.3 Å². The highest BCUT2D eigenvalue weighted by Gasteiger charge is 2.38. The zero-order valence-electron chi connectivity index (χ0n) is 19.5. The number of carbonyl (C=O) groups excluding carboxylic acids is 2. The van der Waals surface area contributed by atoms with Gasteiger partial charge < -0.3 is 26.0 Å². The van der Waals surface area contributed by atoms with Crippen molar-refractivity contribution in [1.29, 1.82) is 0 Å². The molecule has 0 aliphatic carbocycles. The summed E-state index contributed by atoms with van der Waals surface area (Å²) in [5, 5.41) is 17.7. The van der Waals surface area contributed by atoms with E-state index >= 15 is 0 Å². The van der Waals surface area contributed by atoms with E-state index in [-0.39, 0.29) is 22.9 Å². The molecule has 2 amide bonds. The van der Waals surface area contributed by atoms with Gasteiger partial charge in [0.1, 0.15) is 6.10 Å². The summed E-state index contributed by atoms with van der Waals surface area (Å²) in [4.78, 5) is 36.3. The van der Waals surface area contributed by atoms with Crippen LogP contribution in [0.5, 0.6) is 0 Å². The van der Waals surface area contributed by atoms with Crippen molar-refractivity contribution >= 4 is 34.7 Å². The molecule has 2 saturated heterocycles. The van der Waals surface area contributed by atoms with Crippen LogP contribution in [0.3, 0.4) is 0 Å². The number of primary amides is 1. The van der Waals surface area contributed by atoms with Crippen LogP contribution in [-0.2, 0) is 4.79 Å². The summed E-state index contributed by atoms with van der Waals surface area (Å²) in [6.45, 7) is 5.83. The number of aliphatic hydroxyl groups is 1. The lowest BCUT2D eigenvalue weighted by atomic mass is 9.79. The SMILES string of the molecule is CC1(C)CN(c2ncc(F)cn2)CCC1Nc1c(C(N)=O)cnn2cc(N3CCC(O)C3=O)cc12. The van der Waals surface area contributed by atoms with Gasteiger partial charge in [0.15, 0.2) is 5.82 Å². The van der Waals surface area contributed by atoms with Crippen LogP contribution in [0.15, 0.2) is 30.9 Å². The molecule has 184 valence electrons. The first kappa shape index (κ1) is 23.0. The minimum absolute atomic E-state index is 0.0444. The largest absolute Gasteiger partial charge is 0.383 e. The Morgan fingerprint density at radius 2 is 1.97 bits per heavy atom. The molecule has 2 atom stereocenters. The van der Waals surface area contributed by atoms with Crippen molar-refractivity contribution in [2.24, 2.45) is 11.1 Å². The van der Waals surface area contributed by atoms with Gasteiger partial charge in [-0.05, 0) is 12.5 Å². The molecular weight excluding hydrogens is 455 g/mol. The number of aromatic nitrogens is 4. The zero-order chi connectivity index (χ0) is 24.9. The summed E-state index contributed by atoms with van der Waals surface area (Å²) in [5.41, 5.74) is 7.37. The second kappa shape index (κ2) is 8.45. The Bertz CT molecular complexity index is 1290. The van der Waals surface area contributed by atoms with Gasteiger partial charge in [-0.2, -0.15) is 5.10 Å². The number of nitrogens with two attached hydrogens (primary N) is 1. The van der Waals surface area contributed by atoms with Crippen molar-refractivity contribution in [2.45, 2.75) is 38.8 Å². The quantitative estimate of drug-likeness (QED) is 0.492. The molecule has 35 heavy (non-hydrogen) atoms. The summed E-state index contributed by atoms with van der Waals surface area (Å²) in [5.74, 6) is -0.993. The number of fused-ring (bicyclic) bond motifs is 1. The van der Waals surface area contributed by atoms with E-state index in [2.05, 4.69) is 34.2 Å². The van der Waals surface area contributed by atoms with Crippen LogP contribution in [0, 0.1) is 11.2 Å². The number of rotatable bonds is 5. The van der Waals surface area contributed by atoms with E-state index in [1.54, 1.807) is 16.8 Å². The van der Waals surface area contributed by atoms with E-state index in [4.69, 9.17) is 5.73 Å². The second-order valence-corrected chi connectivity index (χ2v) is 9.72. The Morgan fingerprint density at radius 3 is 2.60 bits per heavy atom. The van der Waals surface area contributed by atoms with Crippen molar-refractivity contribution in [3.63, 3.8) is 0 Å². The molecule has 5 rings (SSSR count). The number of piperidine rings is 1. The van der Waals surface area contributed by atoms with Crippen molar-refractivity contribution < 1.29 is 19.1 Å². The zero-order valence-corrected chi connectivity index (χ0v) is 19.5. The number of hydrogen-bond donors (Lipinski definition) is 3. The molecule has 2 aliphatic rings. The standard InChI is InChI=1S/C23H27FN8O3/c1-23(2)12-30(22-26-8-13(24)9-27-22)5-4-18(23)29-19-15(20(25)34)10-28-32-11-14(7-16(19)32)31-6-3-17(33)21(31)35/h7-11,17-18,29,33H,3-6,12H2,1-2H3,(H2,25,34). The molecule has 3 aromatic rings. The molecule has 0 spiro atoms. The average molecular weight is 483 g/mol. The summed E-state index contributed by atoms with van der Waals surface area (Å²) in [6.07, 6.45) is 5.46. The van der Waals surface area contributed by atoms with E-state index in [0.717, 1.165) is 12.4 Å². The molecule has 11 nitrogen and oxygen atoms in total. The molecule has 2 fully saturated rings. The van der Waals surface area contributed by atoms with E-state index in [1.165, 1.54) is 11.1 Å². The van der Waals surface area contributed by atoms with Crippen LogP contribution in [0.1, 0.15) is 37.0 Å². The fourth-order valence-electron chi connectivity index (χ4n) is 4.89. The average Bonchev–Trinajstić information content (AvgIpc) is 3.38. The van der Waals surface area contributed by atoms with Gasteiger partial charge in [0.05, 0.1) is 47.2 Å². The maximum atomic E-state index is 13.2. The number of amides is 2. The molecule has 0 aromatic carbocycles. The number of hydrogen-bond acceptors (Lipinski definition) is 8. The maximum absolute atomic E-state index is 13.2. The van der Waals surface area contributed by atoms with Gasteiger partial charge in [-0.1, -0.05) is 13.8 Å². The van der Waals surface area contributed by atoms with E-state index in [9.17, 15) is 19.1 Å². The first-order chi connectivity index (χ1) is 16.6. The smallest absolute Gasteiger partial charge is 0.255 e. The molecule has 0 bridgehead atoms. The van der Waals surface area contributed by atoms with Gasteiger partial charge in [0, 0.05) is 37.5 Å². The Kier molecular flexibility index (Phi) is 5.55. The van der Waals surface area contributed by atoms with Gasteiger partial charge in [-0.25, -0.2) is 18.9 Å². The Balaban J connectivity index is 1.45. The monoisotopic (exact) mass is 482 g/mol. The molecular formula is C23H27FN8O3. The molecule has 5 heterocycles. The number of carbonyl (C=O) groups is 2. The third-order valence-corrected chi connectivity index (χ3v) is 6.81. The Hall–Kier alpha value is -3.80. The molecule has 0 radical (unpaired) electrons. The van der Waals surface area contributed by atoms with E-state index < -0.39 is 17.8 Å². The molecule has 0 saturated carbocycles. The highest BCUT2D eigenvalue weighted by atomic mass is 19.1. The van der Waals surface area contributed by atoms with Crippen LogP contribution >= 0.6 is 0 Å². The van der Waals surface area contributed by atoms with E-state index in [1.807, 2.05) is 4.90 Å². The first-order valence-electron chi connectivity index (χ1n) is 11.4. The predicted molar refractivity (Wildman–Crippen MR) is 127 cm³/mol. The number of nitrogens with one attached hydrogen (secondary N) is 1. The third kappa shape index (κ3) is 4.14. The second-order valence-electron chi connectivity index (χ2n) is 9.72. The Labute approximate surface area is 200 Å². The number of nitrogens with zero attached hydrogens (tertiary/aromatic N) is 6. The molecule has 2 aliphatic heterocycles.